The third-order valence-corrected chi connectivity index (χ3v) is 3.66. The largest absolute Gasteiger partial charge is 0.457 e. The number of carbonyl (C=O) groups excluding carboxylic acids is 1. The summed E-state index contributed by atoms with van der Waals surface area (Å²) in [5.74, 6) is 1.41. The smallest absolute Gasteiger partial charge is 0.339 e. The first-order chi connectivity index (χ1) is 10.1. The maximum atomic E-state index is 11.1. The lowest BCUT2D eigenvalue weighted by atomic mass is 10.1. The fraction of sp³-hybridized carbons (Fsp3) is 0.188. The van der Waals surface area contributed by atoms with Crippen molar-refractivity contribution in [3.05, 3.63) is 59.7 Å². The van der Waals surface area contributed by atoms with Crippen molar-refractivity contribution < 1.29 is 14.7 Å². The monoisotopic (exact) mass is 284 g/mol. The highest BCUT2D eigenvalue weighted by molar-refractivity contribution is 5.71. The second-order valence-electron chi connectivity index (χ2n) is 5.01. The van der Waals surface area contributed by atoms with Gasteiger partial charge in [-0.25, -0.2) is 4.79 Å². The van der Waals surface area contributed by atoms with Crippen LogP contribution in [0.15, 0.2) is 48.5 Å². The average molecular weight is 284 g/mol. The van der Waals surface area contributed by atoms with Gasteiger partial charge in [0, 0.05) is 0 Å². The fourth-order valence-corrected chi connectivity index (χ4v) is 2.65. The minimum Gasteiger partial charge on any atom is -0.457 e. The summed E-state index contributed by atoms with van der Waals surface area (Å²) >= 11 is 0. The minimum atomic E-state index is -0.845. The van der Waals surface area contributed by atoms with Crippen molar-refractivity contribution in [2.45, 2.75) is 18.9 Å². The maximum absolute atomic E-state index is 11.1. The summed E-state index contributed by atoms with van der Waals surface area (Å²) < 4.78 is 5.78. The molecule has 0 bridgehead atoms. The molecule has 0 saturated carbocycles. The molecule has 1 aliphatic carbocycles. The lowest BCUT2D eigenvalue weighted by Gasteiger charge is -2.21. The highest BCUT2D eigenvalue weighted by Gasteiger charge is 2.29. The van der Waals surface area contributed by atoms with Crippen LogP contribution in [-0.2, 0) is 6.42 Å². The number of carbonyl (C=O) groups is 1. The molecule has 2 amide bonds. The third kappa shape index (κ3) is 2.68. The first kappa shape index (κ1) is 13.5. The quantitative estimate of drug-likeness (QED) is 0.671. The lowest BCUT2D eigenvalue weighted by molar-refractivity contribution is -0.0758. The fourth-order valence-electron chi connectivity index (χ4n) is 2.65. The van der Waals surface area contributed by atoms with Crippen LogP contribution >= 0.6 is 0 Å². The van der Waals surface area contributed by atoms with Gasteiger partial charge in [0.1, 0.15) is 11.5 Å². The van der Waals surface area contributed by atoms with Gasteiger partial charge in [0.05, 0.1) is 6.04 Å². The molecule has 5 heteroatoms. The summed E-state index contributed by atoms with van der Waals surface area (Å²) in [7, 11) is 0. The number of primary amides is 1. The Kier molecular flexibility index (Phi) is 3.50. The van der Waals surface area contributed by atoms with Gasteiger partial charge in [0.2, 0.25) is 0 Å². The Morgan fingerprint density at radius 2 is 1.95 bits per heavy atom. The number of ether oxygens (including phenoxy) is 1. The van der Waals surface area contributed by atoms with Crippen LogP contribution in [0.1, 0.15) is 23.6 Å². The Bertz CT molecular complexity index is 658. The Morgan fingerprint density at radius 3 is 2.67 bits per heavy atom. The highest BCUT2D eigenvalue weighted by atomic mass is 16.5. The number of rotatable bonds is 3. The van der Waals surface area contributed by atoms with Crippen molar-refractivity contribution in [1.82, 2.24) is 5.06 Å². The van der Waals surface area contributed by atoms with Gasteiger partial charge in [-0.1, -0.05) is 24.3 Å². The van der Waals surface area contributed by atoms with E-state index in [2.05, 4.69) is 0 Å². The van der Waals surface area contributed by atoms with Crippen molar-refractivity contribution in [3.63, 3.8) is 0 Å². The summed E-state index contributed by atoms with van der Waals surface area (Å²) in [6.07, 6.45) is 1.46. The zero-order valence-electron chi connectivity index (χ0n) is 11.4. The normalized spacial score (nSPS) is 16.3. The van der Waals surface area contributed by atoms with E-state index in [4.69, 9.17) is 10.5 Å². The van der Waals surface area contributed by atoms with E-state index in [9.17, 15) is 10.0 Å². The van der Waals surface area contributed by atoms with Crippen molar-refractivity contribution >= 4 is 6.03 Å². The Morgan fingerprint density at radius 1 is 1.19 bits per heavy atom. The number of aryl methyl sites for hydroxylation is 1. The summed E-state index contributed by atoms with van der Waals surface area (Å²) in [5, 5.41) is 10.4. The molecule has 1 aliphatic rings. The molecule has 2 aromatic rings. The van der Waals surface area contributed by atoms with E-state index in [0.717, 1.165) is 23.3 Å². The molecule has 21 heavy (non-hydrogen) atoms. The number of hydrogen-bond acceptors (Lipinski definition) is 3. The average Bonchev–Trinajstić information content (AvgIpc) is 2.90. The molecule has 0 fully saturated rings. The number of hydrogen-bond donors (Lipinski definition) is 2. The van der Waals surface area contributed by atoms with E-state index in [0.29, 0.717) is 17.2 Å². The molecule has 0 spiro atoms. The van der Waals surface area contributed by atoms with Crippen LogP contribution in [0.3, 0.4) is 0 Å². The van der Waals surface area contributed by atoms with Gasteiger partial charge < -0.3 is 10.5 Å². The van der Waals surface area contributed by atoms with E-state index < -0.39 is 12.1 Å². The number of amides is 2. The number of para-hydroxylation sites is 1. The summed E-state index contributed by atoms with van der Waals surface area (Å²) in [5.41, 5.74) is 7.12. The molecule has 1 atom stereocenters. The Balaban J connectivity index is 1.87. The minimum absolute atomic E-state index is 0.406. The van der Waals surface area contributed by atoms with Crippen molar-refractivity contribution in [1.29, 1.82) is 0 Å². The van der Waals surface area contributed by atoms with E-state index in [1.165, 1.54) is 0 Å². The van der Waals surface area contributed by atoms with Gasteiger partial charge in [-0.05, 0) is 48.2 Å². The van der Waals surface area contributed by atoms with Crippen molar-refractivity contribution in [2.24, 2.45) is 5.73 Å². The third-order valence-electron chi connectivity index (χ3n) is 3.66. The van der Waals surface area contributed by atoms with Crippen molar-refractivity contribution in [3.8, 4) is 11.5 Å². The molecule has 0 saturated heterocycles. The number of nitrogens with two attached hydrogens (primary N) is 1. The predicted octanol–water partition coefficient (Wildman–Crippen LogP) is 3.24. The SMILES string of the molecule is NC(=O)N(O)C1CCc2ccc(Oc3ccccc3)cc21. The number of benzene rings is 2. The zero-order valence-corrected chi connectivity index (χ0v) is 11.4. The topological polar surface area (TPSA) is 75.8 Å². The molecule has 108 valence electrons. The molecule has 1 unspecified atom stereocenters. The van der Waals surface area contributed by atoms with E-state index in [1.807, 2.05) is 48.5 Å². The van der Waals surface area contributed by atoms with E-state index in [1.54, 1.807) is 0 Å². The highest BCUT2D eigenvalue weighted by Crippen LogP contribution is 2.37. The number of nitrogens with zero attached hydrogens (tertiary/aromatic N) is 1. The summed E-state index contributed by atoms with van der Waals surface area (Å²) in [6.45, 7) is 0. The number of urea groups is 1. The van der Waals surface area contributed by atoms with Crippen LogP contribution in [0, 0.1) is 0 Å². The van der Waals surface area contributed by atoms with Crippen LogP contribution in [0.2, 0.25) is 0 Å². The lowest BCUT2D eigenvalue weighted by Crippen LogP contribution is -2.35. The van der Waals surface area contributed by atoms with Gasteiger partial charge in [0.15, 0.2) is 0 Å². The maximum Gasteiger partial charge on any atom is 0.339 e. The standard InChI is InChI=1S/C16H16N2O3/c17-16(19)18(20)15-9-7-11-6-8-13(10-14(11)15)21-12-4-2-1-3-5-12/h1-6,8,10,15,20H,7,9H2,(H2,17,19). The van der Waals surface area contributed by atoms with Crippen LogP contribution in [0.5, 0.6) is 11.5 Å². The van der Waals surface area contributed by atoms with Gasteiger partial charge in [-0.2, -0.15) is 5.06 Å². The second-order valence-corrected chi connectivity index (χ2v) is 5.01. The zero-order chi connectivity index (χ0) is 14.8. The van der Waals surface area contributed by atoms with Gasteiger partial charge >= 0.3 is 6.03 Å². The molecule has 0 heterocycles. The number of fused-ring (bicyclic) bond motifs is 1. The molecule has 3 rings (SSSR count). The van der Waals surface area contributed by atoms with Gasteiger partial charge in [0.25, 0.3) is 0 Å². The summed E-state index contributed by atoms with van der Waals surface area (Å²) in [6, 6.07) is 13.9. The van der Waals surface area contributed by atoms with Crippen molar-refractivity contribution in [2.75, 3.05) is 0 Å². The van der Waals surface area contributed by atoms with E-state index >= 15 is 0 Å². The Labute approximate surface area is 122 Å². The molecule has 2 aromatic carbocycles. The molecular formula is C16H16N2O3. The van der Waals surface area contributed by atoms with Gasteiger partial charge in [-0.15, -0.1) is 0 Å². The molecule has 0 aliphatic heterocycles. The molecule has 3 N–H and O–H groups in total. The number of hydroxylamine groups is 2. The summed E-state index contributed by atoms with van der Waals surface area (Å²) in [4.78, 5) is 11.1. The van der Waals surface area contributed by atoms with Crippen LogP contribution < -0.4 is 10.5 Å². The molecular weight excluding hydrogens is 268 g/mol. The first-order valence-corrected chi connectivity index (χ1v) is 6.78. The Hall–Kier alpha value is -2.53. The molecule has 0 aromatic heterocycles. The first-order valence-electron chi connectivity index (χ1n) is 6.78. The van der Waals surface area contributed by atoms with Crippen LogP contribution in [0.25, 0.3) is 0 Å². The molecule has 0 radical (unpaired) electrons. The second kappa shape index (κ2) is 5.46. The van der Waals surface area contributed by atoms with Crippen LogP contribution in [0.4, 0.5) is 4.79 Å². The van der Waals surface area contributed by atoms with Crippen LogP contribution in [-0.4, -0.2) is 16.3 Å². The van der Waals surface area contributed by atoms with Gasteiger partial charge in [-0.3, -0.25) is 5.21 Å². The van der Waals surface area contributed by atoms with E-state index in [-0.39, 0.29) is 0 Å². The molecule has 5 nitrogen and oxygen atoms in total. The predicted molar refractivity (Wildman–Crippen MR) is 77.2 cm³/mol.